The van der Waals surface area contributed by atoms with Crippen molar-refractivity contribution in [2.75, 3.05) is 0 Å². The van der Waals surface area contributed by atoms with Gasteiger partial charge in [0.1, 0.15) is 5.82 Å². The first-order chi connectivity index (χ1) is 9.42. The zero-order valence-electron chi connectivity index (χ0n) is 12.6. The van der Waals surface area contributed by atoms with Gasteiger partial charge in [0.05, 0.1) is 10.7 Å². The van der Waals surface area contributed by atoms with E-state index in [4.69, 9.17) is 11.6 Å². The van der Waals surface area contributed by atoms with E-state index in [2.05, 4.69) is 48.6 Å². The van der Waals surface area contributed by atoms with Crippen LogP contribution in [0.25, 0.3) is 5.69 Å². The molecular formula is C16H22ClN3. The largest absolute Gasteiger partial charge is 0.308 e. The molecule has 1 aromatic carbocycles. The lowest BCUT2D eigenvalue weighted by molar-refractivity contribution is 0.424. The van der Waals surface area contributed by atoms with Crippen LogP contribution < -0.4 is 5.32 Å². The van der Waals surface area contributed by atoms with Crippen molar-refractivity contribution in [2.45, 2.75) is 46.2 Å². The molecular weight excluding hydrogens is 270 g/mol. The van der Waals surface area contributed by atoms with E-state index < -0.39 is 0 Å². The third kappa shape index (κ3) is 3.41. The molecule has 0 saturated heterocycles. The second kappa shape index (κ2) is 5.98. The summed E-state index contributed by atoms with van der Waals surface area (Å²) in [5, 5.41) is 4.27. The Morgan fingerprint density at radius 3 is 2.70 bits per heavy atom. The van der Waals surface area contributed by atoms with Crippen molar-refractivity contribution in [3.63, 3.8) is 0 Å². The number of hydrogen-bond donors (Lipinski definition) is 1. The first kappa shape index (κ1) is 15.1. The van der Waals surface area contributed by atoms with E-state index in [0.29, 0.717) is 0 Å². The Bertz CT molecular complexity index is 582. The zero-order valence-corrected chi connectivity index (χ0v) is 13.3. The van der Waals surface area contributed by atoms with Crippen molar-refractivity contribution in [1.29, 1.82) is 0 Å². The smallest absolute Gasteiger partial charge is 0.112 e. The van der Waals surface area contributed by atoms with Gasteiger partial charge in [0, 0.05) is 30.9 Å². The van der Waals surface area contributed by atoms with Crippen molar-refractivity contribution in [3.8, 4) is 5.69 Å². The molecule has 0 aliphatic carbocycles. The number of imidazole rings is 1. The fraction of sp³-hybridized carbons (Fsp3) is 0.438. The van der Waals surface area contributed by atoms with Crippen molar-refractivity contribution in [3.05, 3.63) is 47.0 Å². The molecule has 0 fully saturated rings. The molecule has 0 aliphatic heterocycles. The minimum absolute atomic E-state index is 0.0715. The molecule has 0 radical (unpaired) electrons. The molecule has 4 heteroatoms. The van der Waals surface area contributed by atoms with Crippen LogP contribution in [0.4, 0.5) is 0 Å². The average molecular weight is 292 g/mol. The minimum Gasteiger partial charge on any atom is -0.308 e. The van der Waals surface area contributed by atoms with E-state index >= 15 is 0 Å². The first-order valence-electron chi connectivity index (χ1n) is 6.97. The van der Waals surface area contributed by atoms with Crippen molar-refractivity contribution in [1.82, 2.24) is 14.9 Å². The molecule has 0 atom stereocenters. The number of hydrogen-bond acceptors (Lipinski definition) is 2. The van der Waals surface area contributed by atoms with Crippen LogP contribution in [0, 0.1) is 0 Å². The van der Waals surface area contributed by atoms with Crippen LogP contribution in [0.15, 0.2) is 30.6 Å². The molecule has 1 heterocycles. The van der Waals surface area contributed by atoms with Gasteiger partial charge < -0.3 is 9.88 Å². The van der Waals surface area contributed by atoms with Gasteiger partial charge >= 0.3 is 0 Å². The highest BCUT2D eigenvalue weighted by molar-refractivity contribution is 6.32. The number of nitrogens with one attached hydrogen (secondary N) is 1. The standard InChI is InChI=1S/C16H22ClN3/c1-5-14-18-9-10-20(14)15-12(7-6-8-13(15)17)11-19-16(2,3)4/h6-10,19H,5,11H2,1-4H3. The van der Waals surface area contributed by atoms with Crippen LogP contribution in [0.5, 0.6) is 0 Å². The summed E-state index contributed by atoms with van der Waals surface area (Å²) in [6.07, 6.45) is 4.67. The monoisotopic (exact) mass is 291 g/mol. The number of halogens is 1. The lowest BCUT2D eigenvalue weighted by Gasteiger charge is -2.22. The van der Waals surface area contributed by atoms with Crippen LogP contribution in [-0.4, -0.2) is 15.1 Å². The highest BCUT2D eigenvalue weighted by atomic mass is 35.5. The number of aromatic nitrogens is 2. The summed E-state index contributed by atoms with van der Waals surface area (Å²) in [7, 11) is 0. The van der Waals surface area contributed by atoms with E-state index in [1.165, 1.54) is 5.56 Å². The van der Waals surface area contributed by atoms with E-state index in [0.717, 1.165) is 29.5 Å². The molecule has 0 unspecified atom stereocenters. The maximum absolute atomic E-state index is 6.42. The highest BCUT2D eigenvalue weighted by Gasteiger charge is 2.14. The fourth-order valence-electron chi connectivity index (χ4n) is 2.13. The minimum atomic E-state index is 0.0715. The molecule has 1 aromatic heterocycles. The Balaban J connectivity index is 2.41. The van der Waals surface area contributed by atoms with Gasteiger partial charge in [0.15, 0.2) is 0 Å². The topological polar surface area (TPSA) is 29.9 Å². The molecule has 0 spiro atoms. The third-order valence-corrected chi connectivity index (χ3v) is 3.46. The normalized spacial score (nSPS) is 11.8. The van der Waals surface area contributed by atoms with Crippen LogP contribution in [0.1, 0.15) is 39.1 Å². The Morgan fingerprint density at radius 1 is 1.30 bits per heavy atom. The predicted octanol–water partition coefficient (Wildman–Crippen LogP) is 3.98. The van der Waals surface area contributed by atoms with Crippen LogP contribution in [-0.2, 0) is 13.0 Å². The summed E-state index contributed by atoms with van der Waals surface area (Å²) in [5.41, 5.74) is 2.28. The average Bonchev–Trinajstić information content (AvgIpc) is 2.83. The number of rotatable bonds is 4. The maximum Gasteiger partial charge on any atom is 0.112 e. The molecule has 20 heavy (non-hydrogen) atoms. The van der Waals surface area contributed by atoms with Gasteiger partial charge in [-0.25, -0.2) is 4.98 Å². The van der Waals surface area contributed by atoms with E-state index in [-0.39, 0.29) is 5.54 Å². The predicted molar refractivity (Wildman–Crippen MR) is 84.5 cm³/mol. The van der Waals surface area contributed by atoms with Crippen molar-refractivity contribution >= 4 is 11.6 Å². The number of benzene rings is 1. The molecule has 3 nitrogen and oxygen atoms in total. The van der Waals surface area contributed by atoms with E-state index in [9.17, 15) is 0 Å². The molecule has 0 bridgehead atoms. The number of nitrogens with zero attached hydrogens (tertiary/aromatic N) is 2. The van der Waals surface area contributed by atoms with Crippen LogP contribution >= 0.6 is 11.6 Å². The van der Waals surface area contributed by atoms with Gasteiger partial charge in [0.2, 0.25) is 0 Å². The zero-order chi connectivity index (χ0) is 14.8. The lowest BCUT2D eigenvalue weighted by Crippen LogP contribution is -2.35. The second-order valence-electron chi connectivity index (χ2n) is 5.92. The maximum atomic E-state index is 6.42. The van der Waals surface area contributed by atoms with Crippen LogP contribution in [0.2, 0.25) is 5.02 Å². The Morgan fingerprint density at radius 2 is 2.05 bits per heavy atom. The molecule has 2 rings (SSSR count). The van der Waals surface area contributed by atoms with Gasteiger partial charge in [-0.15, -0.1) is 0 Å². The first-order valence-corrected chi connectivity index (χ1v) is 7.35. The van der Waals surface area contributed by atoms with Crippen molar-refractivity contribution < 1.29 is 0 Å². The summed E-state index contributed by atoms with van der Waals surface area (Å²) in [4.78, 5) is 4.39. The second-order valence-corrected chi connectivity index (χ2v) is 6.33. The highest BCUT2D eigenvalue weighted by Crippen LogP contribution is 2.26. The Hall–Kier alpha value is -1.32. The lowest BCUT2D eigenvalue weighted by atomic mass is 10.1. The number of para-hydroxylation sites is 1. The van der Waals surface area contributed by atoms with Gasteiger partial charge in [-0.2, -0.15) is 0 Å². The molecule has 0 saturated carbocycles. The van der Waals surface area contributed by atoms with Crippen molar-refractivity contribution in [2.24, 2.45) is 0 Å². The van der Waals surface area contributed by atoms with Gasteiger partial charge in [-0.05, 0) is 32.4 Å². The summed E-state index contributed by atoms with van der Waals surface area (Å²) >= 11 is 6.42. The van der Waals surface area contributed by atoms with Crippen LogP contribution in [0.3, 0.4) is 0 Å². The van der Waals surface area contributed by atoms with Gasteiger partial charge in [-0.1, -0.05) is 30.7 Å². The summed E-state index contributed by atoms with van der Waals surface area (Å²) < 4.78 is 2.09. The van der Waals surface area contributed by atoms with Gasteiger partial charge in [-0.3, -0.25) is 0 Å². The Labute approximate surface area is 126 Å². The third-order valence-electron chi connectivity index (χ3n) is 3.15. The summed E-state index contributed by atoms with van der Waals surface area (Å²) in [6.45, 7) is 9.35. The molecule has 108 valence electrons. The number of aryl methyl sites for hydroxylation is 1. The molecule has 0 aliphatic rings. The molecule has 1 N–H and O–H groups in total. The summed E-state index contributed by atoms with van der Waals surface area (Å²) in [6, 6.07) is 6.03. The van der Waals surface area contributed by atoms with Gasteiger partial charge in [0.25, 0.3) is 0 Å². The molecule has 0 amide bonds. The van der Waals surface area contributed by atoms with E-state index in [1.807, 2.05) is 24.5 Å². The SMILES string of the molecule is CCc1nccn1-c1c(Cl)cccc1CNC(C)(C)C. The quantitative estimate of drug-likeness (QED) is 0.923. The fourth-order valence-corrected chi connectivity index (χ4v) is 2.42. The summed E-state index contributed by atoms with van der Waals surface area (Å²) in [5.74, 6) is 1.02. The Kier molecular flexibility index (Phi) is 4.51. The molecule has 2 aromatic rings. The van der Waals surface area contributed by atoms with E-state index in [1.54, 1.807) is 0 Å².